The highest BCUT2D eigenvalue weighted by atomic mass is 35.5. The molecule has 2 bridgehead atoms. The van der Waals surface area contributed by atoms with Crippen molar-refractivity contribution >= 4 is 11.6 Å². The molecule has 0 nitrogen and oxygen atoms in total. The Morgan fingerprint density at radius 1 is 1.00 bits per heavy atom. The molecule has 13 heavy (non-hydrogen) atoms. The summed E-state index contributed by atoms with van der Waals surface area (Å²) in [5, 5.41) is 1.26. The lowest BCUT2D eigenvalue weighted by Gasteiger charge is -2.52. The van der Waals surface area contributed by atoms with Gasteiger partial charge < -0.3 is 0 Å². The Hall–Kier alpha value is 0.0300. The first-order valence-electron chi connectivity index (χ1n) is 5.73. The zero-order valence-corrected chi connectivity index (χ0v) is 8.24. The molecule has 0 aromatic rings. The minimum absolute atomic E-state index is 0.830. The summed E-state index contributed by atoms with van der Waals surface area (Å²) in [4.78, 5) is 0. The Morgan fingerprint density at radius 2 is 1.85 bits per heavy atom. The van der Waals surface area contributed by atoms with Crippen LogP contribution < -0.4 is 0 Å². The molecule has 0 heterocycles. The second-order valence-corrected chi connectivity index (χ2v) is 6.37. The molecule has 5 rings (SSSR count). The number of halogens is 1. The van der Waals surface area contributed by atoms with E-state index >= 15 is 0 Å². The van der Waals surface area contributed by atoms with Gasteiger partial charge in [-0.15, -0.1) is 0 Å². The Morgan fingerprint density at radius 3 is 2.77 bits per heavy atom. The Labute approximate surface area is 83.3 Å². The first kappa shape index (κ1) is 6.50. The number of hydrogen-bond donors (Lipinski definition) is 0. The zero-order chi connectivity index (χ0) is 8.32. The van der Waals surface area contributed by atoms with E-state index < -0.39 is 0 Å². The quantitative estimate of drug-likeness (QED) is 0.554. The monoisotopic (exact) mass is 192 g/mol. The lowest BCUT2D eigenvalue weighted by molar-refractivity contribution is -0.00607. The van der Waals surface area contributed by atoms with Crippen molar-refractivity contribution in [2.45, 2.75) is 12.8 Å². The van der Waals surface area contributed by atoms with Crippen LogP contribution in [0.15, 0.2) is 11.1 Å². The Balaban J connectivity index is 1.86. The highest BCUT2D eigenvalue weighted by Gasteiger charge is 2.74. The van der Waals surface area contributed by atoms with Gasteiger partial charge in [-0.2, -0.15) is 0 Å². The maximum absolute atomic E-state index is 6.41. The molecule has 1 heteroatoms. The highest BCUT2D eigenvalue weighted by molar-refractivity contribution is 6.30. The van der Waals surface area contributed by atoms with Crippen molar-refractivity contribution in [3.63, 3.8) is 0 Å². The minimum Gasteiger partial charge on any atom is -0.0892 e. The molecule has 4 saturated carbocycles. The van der Waals surface area contributed by atoms with Crippen LogP contribution in [0.5, 0.6) is 0 Å². The molecule has 0 aromatic heterocycles. The molecule has 5 aliphatic carbocycles. The molecule has 0 radical (unpaired) electrons. The fourth-order valence-corrected chi connectivity index (χ4v) is 6.53. The molecule has 0 spiro atoms. The van der Waals surface area contributed by atoms with E-state index in [1.165, 1.54) is 11.5 Å². The van der Waals surface area contributed by atoms with Crippen LogP contribution in [0.25, 0.3) is 0 Å². The van der Waals surface area contributed by atoms with Gasteiger partial charge in [0.05, 0.1) is 0 Å². The second-order valence-electron chi connectivity index (χ2n) is 5.94. The third-order valence-electron chi connectivity index (χ3n) is 6.10. The van der Waals surface area contributed by atoms with Crippen molar-refractivity contribution in [2.24, 2.45) is 47.3 Å². The van der Waals surface area contributed by atoms with Crippen molar-refractivity contribution in [2.75, 3.05) is 0 Å². The maximum atomic E-state index is 6.41. The smallest absolute Gasteiger partial charge is 0.0180 e. The SMILES string of the molecule is ClC1=CC2C3CC4C5CC(C14)C2C35. The van der Waals surface area contributed by atoms with Crippen LogP contribution in [0.3, 0.4) is 0 Å². The van der Waals surface area contributed by atoms with E-state index in [4.69, 9.17) is 11.6 Å². The summed E-state index contributed by atoms with van der Waals surface area (Å²) in [5.41, 5.74) is 0. The molecule has 68 valence electrons. The van der Waals surface area contributed by atoms with E-state index in [2.05, 4.69) is 6.08 Å². The van der Waals surface area contributed by atoms with Gasteiger partial charge in [-0.1, -0.05) is 17.7 Å². The number of rotatable bonds is 0. The molecule has 0 aromatic carbocycles. The van der Waals surface area contributed by atoms with E-state index in [0.29, 0.717) is 0 Å². The predicted octanol–water partition coefficient (Wildman–Crippen LogP) is 2.89. The van der Waals surface area contributed by atoms with Gasteiger partial charge in [-0.3, -0.25) is 0 Å². The first-order chi connectivity index (χ1) is 6.36. The molecular weight excluding hydrogens is 180 g/mol. The lowest BCUT2D eigenvalue weighted by atomic mass is 9.53. The van der Waals surface area contributed by atoms with Gasteiger partial charge >= 0.3 is 0 Å². The fraction of sp³-hybridized carbons (Fsp3) is 0.833. The molecule has 0 N–H and O–H groups in total. The van der Waals surface area contributed by atoms with E-state index in [-0.39, 0.29) is 0 Å². The van der Waals surface area contributed by atoms with E-state index in [1.54, 1.807) is 6.42 Å². The van der Waals surface area contributed by atoms with Gasteiger partial charge in [0.2, 0.25) is 0 Å². The van der Waals surface area contributed by atoms with Crippen molar-refractivity contribution in [1.82, 2.24) is 0 Å². The summed E-state index contributed by atoms with van der Waals surface area (Å²) in [7, 11) is 0. The Kier molecular flexibility index (Phi) is 0.812. The third kappa shape index (κ3) is 0.447. The van der Waals surface area contributed by atoms with Crippen molar-refractivity contribution in [1.29, 1.82) is 0 Å². The van der Waals surface area contributed by atoms with Crippen LogP contribution >= 0.6 is 11.6 Å². The number of hydrogen-bond acceptors (Lipinski definition) is 0. The highest BCUT2D eigenvalue weighted by Crippen LogP contribution is 2.80. The molecule has 8 atom stereocenters. The molecule has 0 aliphatic heterocycles. The topological polar surface area (TPSA) is 0 Å². The summed E-state index contributed by atoms with van der Waals surface area (Å²) in [6, 6.07) is 0. The molecule has 0 amide bonds. The number of allylic oxidation sites excluding steroid dienone is 2. The van der Waals surface area contributed by atoms with Crippen LogP contribution in [0, 0.1) is 47.3 Å². The average molecular weight is 193 g/mol. The molecule has 5 aliphatic rings. The average Bonchev–Trinajstić information content (AvgIpc) is 2.57. The van der Waals surface area contributed by atoms with Gasteiger partial charge in [-0.05, 0) is 54.3 Å². The minimum atomic E-state index is 0.830. The normalized spacial score (nSPS) is 74.4. The lowest BCUT2D eigenvalue weighted by Crippen LogP contribution is -2.48. The van der Waals surface area contributed by atoms with Gasteiger partial charge in [0.15, 0.2) is 0 Å². The van der Waals surface area contributed by atoms with Gasteiger partial charge in [0.25, 0.3) is 0 Å². The molecule has 8 unspecified atom stereocenters. The summed E-state index contributed by atoms with van der Waals surface area (Å²) in [6.45, 7) is 0. The summed E-state index contributed by atoms with van der Waals surface area (Å²) >= 11 is 6.41. The predicted molar refractivity (Wildman–Crippen MR) is 51.1 cm³/mol. The van der Waals surface area contributed by atoms with Crippen LogP contribution in [-0.4, -0.2) is 0 Å². The molecule has 0 saturated heterocycles. The van der Waals surface area contributed by atoms with Crippen LogP contribution in [-0.2, 0) is 0 Å². The van der Waals surface area contributed by atoms with E-state index in [9.17, 15) is 0 Å². The first-order valence-corrected chi connectivity index (χ1v) is 6.11. The zero-order valence-electron chi connectivity index (χ0n) is 7.49. The van der Waals surface area contributed by atoms with Crippen molar-refractivity contribution in [3.05, 3.63) is 11.1 Å². The van der Waals surface area contributed by atoms with Crippen LogP contribution in [0.4, 0.5) is 0 Å². The van der Waals surface area contributed by atoms with E-state index in [0.717, 1.165) is 47.3 Å². The summed E-state index contributed by atoms with van der Waals surface area (Å²) in [6.07, 6.45) is 5.52. The van der Waals surface area contributed by atoms with Crippen molar-refractivity contribution in [3.8, 4) is 0 Å². The standard InChI is InChI=1S/C12H13Cl/c13-9-3-7-5-1-4-6-2-8(10(4)9)12(7)11(5)6/h3-8,10-12H,1-2H2. The van der Waals surface area contributed by atoms with E-state index in [1.807, 2.05) is 0 Å². The Bertz CT molecular complexity index is 343. The fourth-order valence-electron chi connectivity index (χ4n) is 6.06. The van der Waals surface area contributed by atoms with Gasteiger partial charge in [-0.25, -0.2) is 0 Å². The largest absolute Gasteiger partial charge is 0.0892 e. The van der Waals surface area contributed by atoms with Crippen molar-refractivity contribution < 1.29 is 0 Å². The maximum Gasteiger partial charge on any atom is 0.0180 e. The summed E-state index contributed by atoms with van der Waals surface area (Å²) in [5.74, 6) is 8.26. The number of fused-ring (bicyclic) bond motifs is 2. The molecule has 4 fully saturated rings. The third-order valence-corrected chi connectivity index (χ3v) is 6.48. The van der Waals surface area contributed by atoms with Crippen LogP contribution in [0.1, 0.15) is 12.8 Å². The second kappa shape index (κ2) is 1.62. The molecular formula is C12H13Cl. The van der Waals surface area contributed by atoms with Crippen LogP contribution in [0.2, 0.25) is 0 Å². The summed E-state index contributed by atoms with van der Waals surface area (Å²) < 4.78 is 0. The van der Waals surface area contributed by atoms with Gasteiger partial charge in [0.1, 0.15) is 0 Å². The van der Waals surface area contributed by atoms with Gasteiger partial charge in [0, 0.05) is 11.0 Å².